The van der Waals surface area contributed by atoms with Gasteiger partial charge in [0.15, 0.2) is 0 Å². The fourth-order valence-electron chi connectivity index (χ4n) is 3.15. The van der Waals surface area contributed by atoms with Crippen LogP contribution in [0.15, 0.2) is 24.3 Å². The molecule has 3 rings (SSSR count). The normalized spacial score (nSPS) is 22.6. The molecule has 0 bridgehead atoms. The number of hydrogen-bond acceptors (Lipinski definition) is 3. The quantitative estimate of drug-likeness (QED) is 0.832. The van der Waals surface area contributed by atoms with E-state index in [-0.39, 0.29) is 11.6 Å². The Bertz CT molecular complexity index is 606. The predicted octanol–water partition coefficient (Wildman–Crippen LogP) is 2.07. The molecule has 1 heterocycles. The molecule has 0 amide bonds. The summed E-state index contributed by atoms with van der Waals surface area (Å²) in [6.07, 6.45) is 2.62. The van der Waals surface area contributed by atoms with E-state index in [0.717, 1.165) is 19.0 Å². The highest BCUT2D eigenvalue weighted by molar-refractivity contribution is 7.88. The predicted molar refractivity (Wildman–Crippen MR) is 84.4 cm³/mol. The van der Waals surface area contributed by atoms with Gasteiger partial charge in [0.2, 0.25) is 10.0 Å². The maximum Gasteiger partial charge on any atom is 0.218 e. The Morgan fingerprint density at radius 2 is 1.73 bits per heavy atom. The summed E-state index contributed by atoms with van der Waals surface area (Å²) in [6.45, 7) is 4.97. The smallest absolute Gasteiger partial charge is 0.218 e. The van der Waals surface area contributed by atoms with E-state index in [9.17, 15) is 12.8 Å². The van der Waals surface area contributed by atoms with Crippen LogP contribution in [0.25, 0.3) is 0 Å². The Morgan fingerprint density at radius 1 is 1.14 bits per heavy atom. The van der Waals surface area contributed by atoms with Crippen molar-refractivity contribution in [2.75, 3.05) is 26.2 Å². The molecule has 2 aliphatic rings. The van der Waals surface area contributed by atoms with E-state index >= 15 is 0 Å². The summed E-state index contributed by atoms with van der Waals surface area (Å²) < 4.78 is 39.4. The molecule has 1 unspecified atom stereocenters. The molecule has 1 aliphatic carbocycles. The molecule has 0 radical (unpaired) electrons. The zero-order valence-electron chi connectivity index (χ0n) is 12.9. The zero-order chi connectivity index (χ0) is 15.7. The first-order valence-electron chi connectivity index (χ1n) is 7.92. The summed E-state index contributed by atoms with van der Waals surface area (Å²) in [5, 5.41) is 0. The second kappa shape index (κ2) is 6.26. The van der Waals surface area contributed by atoms with Crippen molar-refractivity contribution in [2.24, 2.45) is 5.92 Å². The first-order valence-corrected chi connectivity index (χ1v) is 9.53. The first kappa shape index (κ1) is 15.9. The fourth-order valence-corrected chi connectivity index (χ4v) is 4.66. The highest BCUT2D eigenvalue weighted by Gasteiger charge is 2.35. The molecule has 1 aromatic carbocycles. The molecule has 122 valence electrons. The van der Waals surface area contributed by atoms with Gasteiger partial charge in [-0.15, -0.1) is 0 Å². The van der Waals surface area contributed by atoms with Crippen LogP contribution in [0.4, 0.5) is 4.39 Å². The summed E-state index contributed by atoms with van der Waals surface area (Å²) >= 11 is 0. The number of rotatable bonds is 5. The van der Waals surface area contributed by atoms with E-state index < -0.39 is 10.0 Å². The second-order valence-corrected chi connectivity index (χ2v) is 8.36. The highest BCUT2D eigenvalue weighted by Crippen LogP contribution is 2.35. The Labute approximate surface area is 132 Å². The molecule has 1 saturated carbocycles. The van der Waals surface area contributed by atoms with Gasteiger partial charge in [-0.05, 0) is 43.4 Å². The summed E-state index contributed by atoms with van der Waals surface area (Å²) in [6, 6.07) is 6.26. The summed E-state index contributed by atoms with van der Waals surface area (Å²) in [7, 11) is -3.32. The number of piperazine rings is 1. The van der Waals surface area contributed by atoms with E-state index in [2.05, 4.69) is 11.8 Å². The Kier molecular flexibility index (Phi) is 4.52. The van der Waals surface area contributed by atoms with Gasteiger partial charge in [0.05, 0.1) is 5.75 Å². The number of hydrogen-bond donors (Lipinski definition) is 0. The van der Waals surface area contributed by atoms with Gasteiger partial charge in [0.1, 0.15) is 5.82 Å². The minimum Gasteiger partial charge on any atom is -0.298 e. The van der Waals surface area contributed by atoms with Gasteiger partial charge in [-0.2, -0.15) is 4.31 Å². The lowest BCUT2D eigenvalue weighted by Gasteiger charge is -2.37. The molecule has 0 aromatic heterocycles. The fraction of sp³-hybridized carbons (Fsp3) is 0.625. The van der Waals surface area contributed by atoms with E-state index in [0.29, 0.717) is 24.7 Å². The van der Waals surface area contributed by atoms with Crippen molar-refractivity contribution in [3.05, 3.63) is 35.6 Å². The van der Waals surface area contributed by atoms with Crippen LogP contribution < -0.4 is 0 Å². The largest absolute Gasteiger partial charge is 0.298 e. The van der Waals surface area contributed by atoms with Crippen molar-refractivity contribution in [1.82, 2.24) is 9.21 Å². The molecule has 4 nitrogen and oxygen atoms in total. The van der Waals surface area contributed by atoms with Crippen LogP contribution >= 0.6 is 0 Å². The Morgan fingerprint density at radius 3 is 2.27 bits per heavy atom. The van der Waals surface area contributed by atoms with E-state index in [4.69, 9.17) is 0 Å². The standard InChI is InChI=1S/C16H23FN2O2S/c1-13(15-4-5-15)18-8-10-19(11-9-18)22(20,21)12-14-2-6-16(17)7-3-14/h2-3,6-7,13,15H,4-5,8-12H2,1H3. The minimum atomic E-state index is -3.32. The highest BCUT2D eigenvalue weighted by atomic mass is 32.2. The number of benzene rings is 1. The lowest BCUT2D eigenvalue weighted by Crippen LogP contribution is -2.51. The number of halogens is 1. The monoisotopic (exact) mass is 326 g/mol. The number of sulfonamides is 1. The number of nitrogens with zero attached hydrogens (tertiary/aromatic N) is 2. The van der Waals surface area contributed by atoms with Crippen molar-refractivity contribution in [3.63, 3.8) is 0 Å². The average Bonchev–Trinajstić information content (AvgIpc) is 3.34. The zero-order valence-corrected chi connectivity index (χ0v) is 13.7. The van der Waals surface area contributed by atoms with Crippen molar-refractivity contribution in [1.29, 1.82) is 0 Å². The van der Waals surface area contributed by atoms with Crippen LogP contribution in [0.2, 0.25) is 0 Å². The van der Waals surface area contributed by atoms with Gasteiger partial charge in [-0.3, -0.25) is 4.90 Å². The first-order chi connectivity index (χ1) is 10.5. The third-order valence-corrected chi connectivity index (χ3v) is 6.66. The third-order valence-electron chi connectivity index (χ3n) is 4.81. The van der Waals surface area contributed by atoms with Crippen molar-refractivity contribution in [3.8, 4) is 0 Å². The molecule has 2 fully saturated rings. The maximum absolute atomic E-state index is 12.9. The third kappa shape index (κ3) is 3.67. The average molecular weight is 326 g/mol. The molecule has 0 spiro atoms. The molecule has 1 aliphatic heterocycles. The molecular weight excluding hydrogens is 303 g/mol. The van der Waals surface area contributed by atoms with Crippen LogP contribution in [-0.2, 0) is 15.8 Å². The second-order valence-electron chi connectivity index (χ2n) is 6.40. The topological polar surface area (TPSA) is 40.6 Å². The van der Waals surface area contributed by atoms with Crippen molar-refractivity contribution in [2.45, 2.75) is 31.6 Å². The molecule has 1 saturated heterocycles. The Balaban J connectivity index is 1.58. The lowest BCUT2D eigenvalue weighted by molar-refractivity contribution is 0.133. The van der Waals surface area contributed by atoms with Crippen LogP contribution in [-0.4, -0.2) is 49.8 Å². The SMILES string of the molecule is CC(C1CC1)N1CCN(S(=O)(=O)Cc2ccc(F)cc2)CC1. The molecule has 22 heavy (non-hydrogen) atoms. The van der Waals surface area contributed by atoms with Crippen LogP contribution in [0, 0.1) is 11.7 Å². The summed E-state index contributed by atoms with van der Waals surface area (Å²) in [5.74, 6) is 0.414. The molecule has 6 heteroatoms. The van der Waals surface area contributed by atoms with Gasteiger partial charge in [-0.25, -0.2) is 12.8 Å². The minimum absolute atomic E-state index is 0.0501. The maximum atomic E-state index is 12.9. The van der Waals surface area contributed by atoms with E-state index in [1.165, 1.54) is 37.1 Å². The summed E-state index contributed by atoms with van der Waals surface area (Å²) in [4.78, 5) is 2.40. The lowest BCUT2D eigenvalue weighted by atomic mass is 10.1. The van der Waals surface area contributed by atoms with Crippen molar-refractivity contribution < 1.29 is 12.8 Å². The van der Waals surface area contributed by atoms with Crippen LogP contribution in [0.3, 0.4) is 0 Å². The van der Waals surface area contributed by atoms with Crippen molar-refractivity contribution >= 4 is 10.0 Å². The van der Waals surface area contributed by atoms with Gasteiger partial charge >= 0.3 is 0 Å². The Hall–Kier alpha value is -0.980. The molecule has 0 N–H and O–H groups in total. The van der Waals surface area contributed by atoms with E-state index in [1.807, 2.05) is 0 Å². The van der Waals surface area contributed by atoms with Gasteiger partial charge < -0.3 is 0 Å². The molecule has 1 atom stereocenters. The van der Waals surface area contributed by atoms with E-state index in [1.54, 1.807) is 4.31 Å². The van der Waals surface area contributed by atoms with Crippen LogP contribution in [0.5, 0.6) is 0 Å². The molecule has 1 aromatic rings. The van der Waals surface area contributed by atoms with Gasteiger partial charge in [0.25, 0.3) is 0 Å². The van der Waals surface area contributed by atoms with Gasteiger partial charge in [-0.1, -0.05) is 12.1 Å². The summed E-state index contributed by atoms with van der Waals surface area (Å²) in [5.41, 5.74) is 0.634. The van der Waals surface area contributed by atoms with Crippen LogP contribution in [0.1, 0.15) is 25.3 Å². The van der Waals surface area contributed by atoms with Gasteiger partial charge in [0, 0.05) is 32.2 Å². The molecular formula is C16H23FN2O2S.